The van der Waals surface area contributed by atoms with E-state index in [2.05, 4.69) is 4.98 Å². The first-order chi connectivity index (χ1) is 7.15. The number of nitrogens with zero attached hydrogens (tertiary/aromatic N) is 2. The molecule has 80 valence electrons. The van der Waals surface area contributed by atoms with Gasteiger partial charge in [-0.2, -0.15) is 0 Å². The molecule has 2 aromatic rings. The second-order valence-electron chi connectivity index (χ2n) is 3.15. The molecule has 0 aliphatic rings. The zero-order valence-electron chi connectivity index (χ0n) is 8.12. The Morgan fingerprint density at radius 3 is 2.93 bits per heavy atom. The summed E-state index contributed by atoms with van der Waals surface area (Å²) in [6.45, 7) is 3.42. The molecule has 6 heteroatoms. The van der Waals surface area contributed by atoms with Gasteiger partial charge in [-0.1, -0.05) is 0 Å². The molecule has 0 aromatic carbocycles. The van der Waals surface area contributed by atoms with Crippen molar-refractivity contribution in [2.45, 2.75) is 13.8 Å². The monoisotopic (exact) mass is 338 g/mol. The fourth-order valence-electron chi connectivity index (χ4n) is 1.50. The van der Waals surface area contributed by atoms with Crippen LogP contribution in [-0.4, -0.2) is 8.96 Å². The van der Waals surface area contributed by atoms with Gasteiger partial charge in [0, 0.05) is 11.6 Å². The van der Waals surface area contributed by atoms with Crippen molar-refractivity contribution in [1.29, 1.82) is 0 Å². The summed E-state index contributed by atoms with van der Waals surface area (Å²) in [6.07, 6.45) is 1.81. The molecular formula is C9H8FIN2OS. The van der Waals surface area contributed by atoms with E-state index in [9.17, 15) is 4.39 Å². The standard InChI is InChI=1S/C9H8FIN2OS/c1-5-7-3-4-13(15-14-11)9(7)12-6(2)8(5)10/h3-4H,1-2H3. The van der Waals surface area contributed by atoms with Crippen molar-refractivity contribution in [2.24, 2.45) is 0 Å². The summed E-state index contributed by atoms with van der Waals surface area (Å²) in [4.78, 5) is 4.20. The Balaban J connectivity index is 2.71. The normalized spacial score (nSPS) is 11.2. The molecule has 0 aliphatic heterocycles. The minimum Gasteiger partial charge on any atom is -0.251 e. The predicted octanol–water partition coefficient (Wildman–Crippen LogP) is 3.57. The van der Waals surface area contributed by atoms with Gasteiger partial charge in [-0.3, -0.25) is 3.97 Å². The van der Waals surface area contributed by atoms with E-state index in [1.807, 2.05) is 12.3 Å². The van der Waals surface area contributed by atoms with E-state index in [-0.39, 0.29) is 5.82 Å². The van der Waals surface area contributed by atoms with E-state index in [0.29, 0.717) is 11.3 Å². The van der Waals surface area contributed by atoms with Crippen LogP contribution in [0.1, 0.15) is 11.3 Å². The minimum atomic E-state index is -0.236. The molecule has 2 heterocycles. The Labute approximate surface area is 105 Å². The second-order valence-corrected chi connectivity index (χ2v) is 4.90. The van der Waals surface area contributed by atoms with Crippen molar-refractivity contribution in [3.8, 4) is 0 Å². The zero-order chi connectivity index (χ0) is 11.0. The van der Waals surface area contributed by atoms with Crippen LogP contribution in [0.2, 0.25) is 0 Å². The number of fused-ring (bicyclic) bond motifs is 1. The molecule has 0 radical (unpaired) electrons. The number of hydrogen-bond acceptors (Lipinski definition) is 3. The van der Waals surface area contributed by atoms with Gasteiger partial charge < -0.3 is 0 Å². The lowest BCUT2D eigenvalue weighted by molar-refractivity contribution is 0.604. The third kappa shape index (κ3) is 1.85. The molecule has 0 amide bonds. The van der Waals surface area contributed by atoms with E-state index in [0.717, 1.165) is 23.3 Å². The lowest BCUT2D eigenvalue weighted by Gasteiger charge is -2.04. The number of rotatable bonds is 2. The van der Waals surface area contributed by atoms with E-state index in [4.69, 9.17) is 2.51 Å². The molecule has 0 saturated carbocycles. The van der Waals surface area contributed by atoms with Crippen molar-refractivity contribution in [1.82, 2.24) is 8.96 Å². The summed E-state index contributed by atoms with van der Waals surface area (Å²) in [5.74, 6) is -0.236. The maximum Gasteiger partial charge on any atom is 0.152 e. The van der Waals surface area contributed by atoms with Gasteiger partial charge in [-0.25, -0.2) is 11.9 Å². The highest BCUT2D eigenvalue weighted by molar-refractivity contribution is 14.1. The van der Waals surface area contributed by atoms with Crippen molar-refractivity contribution in [2.75, 3.05) is 0 Å². The molecule has 2 rings (SSSR count). The highest BCUT2D eigenvalue weighted by Gasteiger charge is 2.12. The molecule has 0 spiro atoms. The molecule has 15 heavy (non-hydrogen) atoms. The van der Waals surface area contributed by atoms with Crippen molar-refractivity contribution in [3.05, 3.63) is 29.3 Å². The van der Waals surface area contributed by atoms with Crippen molar-refractivity contribution >= 4 is 46.3 Å². The Hall–Kier alpha value is -0.340. The molecule has 2 aromatic heterocycles. The molecule has 0 N–H and O–H groups in total. The van der Waals surface area contributed by atoms with Crippen LogP contribution in [0.5, 0.6) is 0 Å². The summed E-state index contributed by atoms with van der Waals surface area (Å²) in [5, 5.41) is 0.819. The van der Waals surface area contributed by atoms with Crippen LogP contribution in [-0.2, 0) is 2.51 Å². The van der Waals surface area contributed by atoms with Gasteiger partial charge in [0.25, 0.3) is 0 Å². The molecular weight excluding hydrogens is 330 g/mol. The fraction of sp³-hybridized carbons (Fsp3) is 0.222. The highest BCUT2D eigenvalue weighted by atomic mass is 127. The zero-order valence-corrected chi connectivity index (χ0v) is 11.1. The summed E-state index contributed by atoms with van der Waals surface area (Å²) >= 11 is 2.94. The van der Waals surface area contributed by atoms with Gasteiger partial charge in [0.05, 0.1) is 5.69 Å². The average Bonchev–Trinajstić information content (AvgIpc) is 2.59. The molecule has 0 unspecified atom stereocenters. The first kappa shape index (κ1) is 11.2. The minimum absolute atomic E-state index is 0.236. The number of hydrogen-bond donors (Lipinski definition) is 0. The quantitative estimate of drug-likeness (QED) is 0.619. The molecule has 3 nitrogen and oxygen atoms in total. The Morgan fingerprint density at radius 1 is 1.53 bits per heavy atom. The van der Waals surface area contributed by atoms with E-state index in [1.54, 1.807) is 40.8 Å². The Kier molecular flexibility index (Phi) is 3.17. The first-order valence-corrected chi connectivity index (χ1v) is 5.82. The summed E-state index contributed by atoms with van der Waals surface area (Å²) in [7, 11) is 0. The van der Waals surface area contributed by atoms with Crippen molar-refractivity contribution < 1.29 is 6.90 Å². The van der Waals surface area contributed by atoms with Gasteiger partial charge in [0.1, 0.15) is 41.1 Å². The fourth-order valence-corrected chi connectivity index (χ4v) is 2.40. The third-order valence-electron chi connectivity index (χ3n) is 2.26. The molecule has 0 bridgehead atoms. The smallest absolute Gasteiger partial charge is 0.152 e. The van der Waals surface area contributed by atoms with Gasteiger partial charge in [-0.05, 0) is 25.5 Å². The molecule has 0 atom stereocenters. The number of aryl methyl sites for hydroxylation is 2. The predicted molar refractivity (Wildman–Crippen MR) is 67.3 cm³/mol. The van der Waals surface area contributed by atoms with Gasteiger partial charge >= 0.3 is 0 Å². The Bertz CT molecular complexity index is 514. The van der Waals surface area contributed by atoms with Crippen LogP contribution < -0.4 is 0 Å². The maximum atomic E-state index is 13.5. The molecule has 0 aliphatic carbocycles. The summed E-state index contributed by atoms with van der Waals surface area (Å²) in [6, 6.07) is 1.84. The maximum absolute atomic E-state index is 13.5. The number of halogens is 2. The summed E-state index contributed by atoms with van der Waals surface area (Å²) in [5.41, 5.74) is 1.77. The van der Waals surface area contributed by atoms with Crippen LogP contribution in [0.15, 0.2) is 12.3 Å². The summed E-state index contributed by atoms with van der Waals surface area (Å²) < 4.78 is 20.2. The highest BCUT2D eigenvalue weighted by Crippen LogP contribution is 2.26. The molecule has 0 fully saturated rings. The van der Waals surface area contributed by atoms with Gasteiger partial charge in [0.15, 0.2) is 5.65 Å². The lowest BCUT2D eigenvalue weighted by atomic mass is 10.2. The van der Waals surface area contributed by atoms with Crippen LogP contribution in [0.4, 0.5) is 4.39 Å². The van der Waals surface area contributed by atoms with Crippen LogP contribution in [0.3, 0.4) is 0 Å². The van der Waals surface area contributed by atoms with Crippen LogP contribution >= 0.6 is 35.2 Å². The number of aromatic nitrogens is 2. The van der Waals surface area contributed by atoms with E-state index in [1.165, 1.54) is 0 Å². The number of pyridine rings is 1. The lowest BCUT2D eigenvalue weighted by Crippen LogP contribution is -1.95. The SMILES string of the molecule is Cc1nc2c(ccn2SOI)c(C)c1F. The van der Waals surface area contributed by atoms with E-state index >= 15 is 0 Å². The largest absolute Gasteiger partial charge is 0.251 e. The van der Waals surface area contributed by atoms with Crippen LogP contribution in [0, 0.1) is 19.7 Å². The van der Waals surface area contributed by atoms with Crippen molar-refractivity contribution in [3.63, 3.8) is 0 Å². The molecule has 0 saturated heterocycles. The van der Waals surface area contributed by atoms with Gasteiger partial charge in [0.2, 0.25) is 0 Å². The van der Waals surface area contributed by atoms with E-state index < -0.39 is 0 Å². The average molecular weight is 338 g/mol. The van der Waals surface area contributed by atoms with Gasteiger partial charge in [-0.15, -0.1) is 0 Å². The third-order valence-corrected chi connectivity index (χ3v) is 3.25. The topological polar surface area (TPSA) is 27.1 Å². The first-order valence-electron chi connectivity index (χ1n) is 4.24. The Morgan fingerprint density at radius 2 is 2.27 bits per heavy atom. The van der Waals surface area contributed by atoms with Crippen LogP contribution in [0.25, 0.3) is 11.0 Å². The second kappa shape index (κ2) is 4.26.